The van der Waals surface area contributed by atoms with E-state index < -0.39 is 6.61 Å². The molecule has 1 aromatic rings. The van der Waals surface area contributed by atoms with Crippen LogP contribution in [0.1, 0.15) is 38.2 Å². The molecule has 0 heterocycles. The molecule has 1 amide bonds. The average molecular weight is 309 g/mol. The van der Waals surface area contributed by atoms with Crippen molar-refractivity contribution >= 4 is 12.0 Å². The molecule has 0 bridgehead atoms. The summed E-state index contributed by atoms with van der Waals surface area (Å²) in [7, 11) is 0. The predicted octanol–water partition coefficient (Wildman–Crippen LogP) is 4.00. The van der Waals surface area contributed by atoms with Crippen LogP contribution in [-0.4, -0.2) is 18.6 Å². The summed E-state index contributed by atoms with van der Waals surface area (Å²) in [4.78, 5) is 11.9. The third kappa shape index (κ3) is 5.13. The van der Waals surface area contributed by atoms with Crippen molar-refractivity contribution in [1.82, 2.24) is 5.32 Å². The van der Waals surface area contributed by atoms with E-state index in [0.29, 0.717) is 5.92 Å². The Balaban J connectivity index is 1.86. The van der Waals surface area contributed by atoms with E-state index in [-0.39, 0.29) is 17.7 Å². The van der Waals surface area contributed by atoms with E-state index in [1.807, 2.05) is 0 Å². The Morgan fingerprint density at radius 2 is 1.95 bits per heavy atom. The number of rotatable bonds is 5. The molecule has 3 nitrogen and oxygen atoms in total. The maximum Gasteiger partial charge on any atom is 0.387 e. The van der Waals surface area contributed by atoms with Gasteiger partial charge in [-0.1, -0.05) is 31.9 Å². The highest BCUT2D eigenvalue weighted by atomic mass is 19.3. The van der Waals surface area contributed by atoms with Crippen molar-refractivity contribution in [3.05, 3.63) is 35.9 Å². The molecule has 2 unspecified atom stereocenters. The number of hydrogen-bond acceptors (Lipinski definition) is 2. The number of benzene rings is 1. The Labute approximate surface area is 129 Å². The normalized spacial score (nSPS) is 22.0. The van der Waals surface area contributed by atoms with Crippen LogP contribution in [0.15, 0.2) is 30.3 Å². The monoisotopic (exact) mass is 309 g/mol. The van der Waals surface area contributed by atoms with Crippen LogP contribution in [0.4, 0.5) is 8.78 Å². The Bertz CT molecular complexity index is 514. The van der Waals surface area contributed by atoms with Crippen molar-refractivity contribution in [2.75, 3.05) is 0 Å². The standard InChI is InChI=1S/C17H21F2NO2/c1-12-4-2-3-5-15(12)20-16(21)11-8-13-6-9-14(10-7-13)22-17(18)19/h6-12,15,17H,2-5H2,1H3,(H,20,21)/b11-8+. The molecule has 120 valence electrons. The number of hydrogen-bond donors (Lipinski definition) is 1. The Kier molecular flexibility index (Phi) is 5.92. The molecule has 0 spiro atoms. The Morgan fingerprint density at radius 1 is 1.27 bits per heavy atom. The lowest BCUT2D eigenvalue weighted by atomic mass is 9.86. The number of halogens is 2. The summed E-state index contributed by atoms with van der Waals surface area (Å²) in [6.45, 7) is -0.667. The van der Waals surface area contributed by atoms with Gasteiger partial charge < -0.3 is 10.1 Å². The number of alkyl halides is 2. The van der Waals surface area contributed by atoms with E-state index in [0.717, 1.165) is 24.8 Å². The lowest BCUT2D eigenvalue weighted by molar-refractivity contribution is -0.117. The quantitative estimate of drug-likeness (QED) is 0.835. The highest BCUT2D eigenvalue weighted by molar-refractivity contribution is 5.91. The van der Waals surface area contributed by atoms with Crippen molar-refractivity contribution in [2.45, 2.75) is 45.3 Å². The van der Waals surface area contributed by atoms with Crippen LogP contribution in [0.25, 0.3) is 6.08 Å². The second-order valence-electron chi connectivity index (χ2n) is 5.66. The summed E-state index contributed by atoms with van der Waals surface area (Å²) in [6, 6.07) is 6.41. The minimum Gasteiger partial charge on any atom is -0.435 e. The molecule has 0 saturated heterocycles. The zero-order valence-corrected chi connectivity index (χ0v) is 12.6. The number of carbonyl (C=O) groups is 1. The summed E-state index contributed by atoms with van der Waals surface area (Å²) in [5, 5.41) is 3.03. The molecule has 5 heteroatoms. The third-order valence-electron chi connectivity index (χ3n) is 3.97. The first-order chi connectivity index (χ1) is 10.5. The largest absolute Gasteiger partial charge is 0.435 e. The van der Waals surface area contributed by atoms with Gasteiger partial charge in [-0.2, -0.15) is 8.78 Å². The van der Waals surface area contributed by atoms with Gasteiger partial charge in [-0.25, -0.2) is 0 Å². The average Bonchev–Trinajstić information content (AvgIpc) is 2.48. The van der Waals surface area contributed by atoms with Gasteiger partial charge in [0.1, 0.15) is 5.75 Å². The molecule has 1 saturated carbocycles. The number of carbonyl (C=O) groups excluding carboxylic acids is 1. The van der Waals surface area contributed by atoms with Gasteiger partial charge in [-0.05, 0) is 42.5 Å². The minimum absolute atomic E-state index is 0.104. The SMILES string of the molecule is CC1CCCCC1NC(=O)/C=C/c1ccc(OC(F)F)cc1. The molecular weight excluding hydrogens is 288 g/mol. The van der Waals surface area contributed by atoms with Gasteiger partial charge in [0, 0.05) is 12.1 Å². The van der Waals surface area contributed by atoms with E-state index in [9.17, 15) is 13.6 Å². The smallest absolute Gasteiger partial charge is 0.387 e. The Morgan fingerprint density at radius 3 is 2.59 bits per heavy atom. The third-order valence-corrected chi connectivity index (χ3v) is 3.97. The van der Waals surface area contributed by atoms with Crippen LogP contribution in [0.5, 0.6) is 5.75 Å². The predicted molar refractivity (Wildman–Crippen MR) is 81.7 cm³/mol. The van der Waals surface area contributed by atoms with Gasteiger partial charge >= 0.3 is 6.61 Å². The van der Waals surface area contributed by atoms with E-state index in [4.69, 9.17) is 0 Å². The van der Waals surface area contributed by atoms with Gasteiger partial charge in [-0.3, -0.25) is 4.79 Å². The second-order valence-corrected chi connectivity index (χ2v) is 5.66. The fraction of sp³-hybridized carbons (Fsp3) is 0.471. The molecule has 22 heavy (non-hydrogen) atoms. The van der Waals surface area contributed by atoms with E-state index >= 15 is 0 Å². The minimum atomic E-state index is -2.83. The molecule has 0 radical (unpaired) electrons. The molecule has 0 aliphatic heterocycles. The lowest BCUT2D eigenvalue weighted by Crippen LogP contribution is -2.40. The summed E-state index contributed by atoms with van der Waals surface area (Å²) in [5.41, 5.74) is 0.758. The maximum absolute atomic E-state index is 12.0. The van der Waals surface area contributed by atoms with Gasteiger partial charge in [0.2, 0.25) is 5.91 Å². The summed E-state index contributed by atoms with van der Waals surface area (Å²) >= 11 is 0. The zero-order valence-electron chi connectivity index (χ0n) is 12.6. The van der Waals surface area contributed by atoms with Gasteiger partial charge in [-0.15, -0.1) is 0 Å². The topological polar surface area (TPSA) is 38.3 Å². The number of amides is 1. The summed E-state index contributed by atoms with van der Waals surface area (Å²) in [5.74, 6) is 0.496. The van der Waals surface area contributed by atoms with Crippen LogP contribution in [0, 0.1) is 5.92 Å². The van der Waals surface area contributed by atoms with E-state index in [1.54, 1.807) is 18.2 Å². The zero-order chi connectivity index (χ0) is 15.9. The molecule has 0 aromatic heterocycles. The molecule has 2 atom stereocenters. The maximum atomic E-state index is 12.0. The van der Waals surface area contributed by atoms with Crippen molar-refractivity contribution in [3.63, 3.8) is 0 Å². The fourth-order valence-corrected chi connectivity index (χ4v) is 2.69. The van der Waals surface area contributed by atoms with Crippen molar-refractivity contribution in [1.29, 1.82) is 0 Å². The van der Waals surface area contributed by atoms with Gasteiger partial charge in [0.25, 0.3) is 0 Å². The number of ether oxygens (including phenoxy) is 1. The molecule has 1 aliphatic carbocycles. The highest BCUT2D eigenvalue weighted by Crippen LogP contribution is 2.23. The van der Waals surface area contributed by atoms with E-state index in [1.165, 1.54) is 24.6 Å². The molecule has 1 aromatic carbocycles. The van der Waals surface area contributed by atoms with E-state index in [2.05, 4.69) is 17.0 Å². The van der Waals surface area contributed by atoms with Crippen LogP contribution < -0.4 is 10.1 Å². The van der Waals surface area contributed by atoms with Gasteiger partial charge in [0.15, 0.2) is 0 Å². The molecule has 1 N–H and O–H groups in total. The lowest BCUT2D eigenvalue weighted by Gasteiger charge is -2.29. The van der Waals surface area contributed by atoms with Crippen molar-refractivity contribution in [2.24, 2.45) is 5.92 Å². The number of nitrogens with one attached hydrogen (secondary N) is 1. The summed E-state index contributed by atoms with van der Waals surface area (Å²) < 4.78 is 28.4. The fourth-order valence-electron chi connectivity index (χ4n) is 2.69. The van der Waals surface area contributed by atoms with Crippen LogP contribution in [0.3, 0.4) is 0 Å². The molecular formula is C17H21F2NO2. The first-order valence-electron chi connectivity index (χ1n) is 7.58. The molecule has 1 fully saturated rings. The first kappa shape index (κ1) is 16.5. The first-order valence-corrected chi connectivity index (χ1v) is 7.58. The molecule has 2 rings (SSSR count). The van der Waals surface area contributed by atoms with Crippen molar-refractivity contribution in [3.8, 4) is 5.75 Å². The Hall–Kier alpha value is -1.91. The molecule has 1 aliphatic rings. The summed E-state index contributed by atoms with van der Waals surface area (Å²) in [6.07, 6.45) is 7.71. The van der Waals surface area contributed by atoms with Crippen LogP contribution in [0.2, 0.25) is 0 Å². The van der Waals surface area contributed by atoms with Crippen LogP contribution in [-0.2, 0) is 4.79 Å². The van der Waals surface area contributed by atoms with Gasteiger partial charge in [0.05, 0.1) is 0 Å². The second kappa shape index (κ2) is 7.92. The van der Waals surface area contributed by atoms with Crippen LogP contribution >= 0.6 is 0 Å². The van der Waals surface area contributed by atoms with Crippen molar-refractivity contribution < 1.29 is 18.3 Å². The highest BCUT2D eigenvalue weighted by Gasteiger charge is 2.21.